The lowest BCUT2D eigenvalue weighted by Crippen LogP contribution is -2.44. The number of benzene rings is 1. The van der Waals surface area contributed by atoms with Gasteiger partial charge in [-0.2, -0.15) is 0 Å². The Kier molecular flexibility index (Phi) is 3.66. The first kappa shape index (κ1) is 13.7. The summed E-state index contributed by atoms with van der Waals surface area (Å²) in [4.78, 5) is 18.7. The number of nitrogens with one attached hydrogen (secondary N) is 1. The first-order valence-corrected chi connectivity index (χ1v) is 7.10. The van der Waals surface area contributed by atoms with Crippen LogP contribution in [0.1, 0.15) is 10.5 Å². The van der Waals surface area contributed by atoms with Gasteiger partial charge in [0.2, 0.25) is 0 Å². The number of hydrogen-bond donors (Lipinski definition) is 2. The average Bonchev–Trinajstić information content (AvgIpc) is 2.98. The van der Waals surface area contributed by atoms with Crippen molar-refractivity contribution in [1.82, 2.24) is 9.88 Å². The monoisotopic (exact) mass is 285 g/mol. The molecule has 5 nitrogen and oxygen atoms in total. The highest BCUT2D eigenvalue weighted by molar-refractivity contribution is 5.88. The van der Waals surface area contributed by atoms with Crippen molar-refractivity contribution in [2.45, 2.75) is 0 Å². The number of aromatic carboxylic acids is 1. The number of anilines is 1. The van der Waals surface area contributed by atoms with Crippen LogP contribution in [0, 0.1) is 0 Å². The summed E-state index contributed by atoms with van der Waals surface area (Å²) in [6.07, 6.45) is 0. The molecule has 1 aromatic carbocycles. The normalized spacial score (nSPS) is 16.1. The van der Waals surface area contributed by atoms with E-state index in [9.17, 15) is 4.79 Å². The zero-order chi connectivity index (χ0) is 14.8. The van der Waals surface area contributed by atoms with Crippen LogP contribution in [-0.4, -0.2) is 54.2 Å². The van der Waals surface area contributed by atoms with Crippen LogP contribution in [0.15, 0.2) is 36.4 Å². The smallest absolute Gasteiger partial charge is 0.352 e. The number of nitrogens with zero attached hydrogens (tertiary/aromatic N) is 2. The van der Waals surface area contributed by atoms with Gasteiger partial charge in [0.1, 0.15) is 5.69 Å². The molecule has 3 rings (SSSR count). The molecule has 0 saturated carbocycles. The largest absolute Gasteiger partial charge is 0.477 e. The second-order valence-corrected chi connectivity index (χ2v) is 5.40. The Bertz CT molecular complexity index is 642. The number of rotatable bonds is 3. The second-order valence-electron chi connectivity index (χ2n) is 5.40. The lowest BCUT2D eigenvalue weighted by molar-refractivity contribution is 0.0691. The van der Waals surface area contributed by atoms with Crippen LogP contribution in [-0.2, 0) is 0 Å². The van der Waals surface area contributed by atoms with E-state index in [-0.39, 0.29) is 5.69 Å². The number of carboxylic acids is 1. The minimum Gasteiger partial charge on any atom is -0.477 e. The topological polar surface area (TPSA) is 59.6 Å². The van der Waals surface area contributed by atoms with E-state index in [2.05, 4.69) is 27.9 Å². The van der Waals surface area contributed by atoms with Crippen molar-refractivity contribution in [2.75, 3.05) is 38.1 Å². The maximum atomic E-state index is 11.0. The highest BCUT2D eigenvalue weighted by atomic mass is 16.4. The van der Waals surface area contributed by atoms with Gasteiger partial charge >= 0.3 is 5.97 Å². The molecule has 0 aliphatic carbocycles. The van der Waals surface area contributed by atoms with Gasteiger partial charge in [0.25, 0.3) is 0 Å². The van der Waals surface area contributed by atoms with Gasteiger partial charge in [-0.05, 0) is 25.2 Å². The zero-order valence-corrected chi connectivity index (χ0v) is 12.0. The molecule has 0 bridgehead atoms. The first-order valence-electron chi connectivity index (χ1n) is 7.10. The lowest BCUT2D eigenvalue weighted by Gasteiger charge is -2.35. The Morgan fingerprint density at radius 2 is 1.81 bits per heavy atom. The molecule has 5 heteroatoms. The Morgan fingerprint density at radius 3 is 2.48 bits per heavy atom. The Balaban J connectivity index is 1.93. The quantitative estimate of drug-likeness (QED) is 0.907. The standard InChI is InChI=1S/C16H19N3O2/c1-18-8-10-19(11-9-18)15-5-3-2-4-12(15)13-6-7-14(17-13)16(20)21/h2-7,17H,8-11H2,1H3,(H,20,21). The van der Waals surface area contributed by atoms with Gasteiger partial charge in [0, 0.05) is 43.1 Å². The molecule has 2 N–H and O–H groups in total. The Labute approximate surface area is 123 Å². The fraction of sp³-hybridized carbons (Fsp3) is 0.312. The Hall–Kier alpha value is -2.27. The maximum absolute atomic E-state index is 11.0. The number of carboxylic acid groups (broad SMARTS) is 1. The average molecular weight is 285 g/mol. The molecule has 0 spiro atoms. The summed E-state index contributed by atoms with van der Waals surface area (Å²) in [6, 6.07) is 11.6. The molecular weight excluding hydrogens is 266 g/mol. The third kappa shape index (κ3) is 2.78. The van der Waals surface area contributed by atoms with E-state index in [0.29, 0.717) is 0 Å². The van der Waals surface area contributed by atoms with Gasteiger partial charge in [-0.3, -0.25) is 0 Å². The second kappa shape index (κ2) is 5.61. The van der Waals surface area contributed by atoms with E-state index in [0.717, 1.165) is 43.1 Å². The van der Waals surface area contributed by atoms with Gasteiger partial charge in [0.15, 0.2) is 0 Å². The zero-order valence-electron chi connectivity index (χ0n) is 12.0. The van der Waals surface area contributed by atoms with Crippen molar-refractivity contribution in [2.24, 2.45) is 0 Å². The fourth-order valence-corrected chi connectivity index (χ4v) is 2.70. The highest BCUT2D eigenvalue weighted by Gasteiger charge is 2.18. The Morgan fingerprint density at radius 1 is 1.10 bits per heavy atom. The van der Waals surface area contributed by atoms with Gasteiger partial charge < -0.3 is 19.9 Å². The van der Waals surface area contributed by atoms with Crippen molar-refractivity contribution >= 4 is 11.7 Å². The fourth-order valence-electron chi connectivity index (χ4n) is 2.70. The van der Waals surface area contributed by atoms with Crippen LogP contribution in [0.25, 0.3) is 11.3 Å². The minimum absolute atomic E-state index is 0.221. The van der Waals surface area contributed by atoms with Gasteiger partial charge in [0.05, 0.1) is 0 Å². The third-order valence-corrected chi connectivity index (χ3v) is 3.95. The molecule has 1 aromatic heterocycles. The summed E-state index contributed by atoms with van der Waals surface area (Å²) in [5.74, 6) is -0.932. The minimum atomic E-state index is -0.932. The van der Waals surface area contributed by atoms with Gasteiger partial charge in [-0.1, -0.05) is 18.2 Å². The van der Waals surface area contributed by atoms with Crippen molar-refractivity contribution in [3.63, 3.8) is 0 Å². The van der Waals surface area contributed by atoms with Crippen LogP contribution < -0.4 is 4.90 Å². The van der Waals surface area contributed by atoms with Crippen molar-refractivity contribution in [1.29, 1.82) is 0 Å². The van der Waals surface area contributed by atoms with Crippen molar-refractivity contribution in [3.8, 4) is 11.3 Å². The number of aromatic amines is 1. The molecule has 2 aromatic rings. The molecule has 1 aliphatic heterocycles. The van der Waals surface area contributed by atoms with E-state index in [1.807, 2.05) is 24.3 Å². The van der Waals surface area contributed by atoms with E-state index in [4.69, 9.17) is 5.11 Å². The SMILES string of the molecule is CN1CCN(c2ccccc2-c2ccc(C(=O)O)[nH]2)CC1. The molecule has 0 amide bonds. The van der Waals surface area contributed by atoms with E-state index >= 15 is 0 Å². The van der Waals surface area contributed by atoms with Crippen LogP contribution in [0.3, 0.4) is 0 Å². The number of carbonyl (C=O) groups is 1. The predicted molar refractivity (Wildman–Crippen MR) is 82.9 cm³/mol. The molecule has 1 aliphatic rings. The van der Waals surface area contributed by atoms with E-state index in [1.54, 1.807) is 6.07 Å². The first-order chi connectivity index (χ1) is 10.1. The summed E-state index contributed by atoms with van der Waals surface area (Å²) >= 11 is 0. The van der Waals surface area contributed by atoms with E-state index in [1.165, 1.54) is 0 Å². The molecule has 0 radical (unpaired) electrons. The summed E-state index contributed by atoms with van der Waals surface area (Å²) in [5, 5.41) is 9.05. The van der Waals surface area contributed by atoms with Gasteiger partial charge in [-0.25, -0.2) is 4.79 Å². The van der Waals surface area contributed by atoms with Crippen LogP contribution in [0.4, 0.5) is 5.69 Å². The number of aromatic nitrogens is 1. The van der Waals surface area contributed by atoms with Crippen molar-refractivity contribution in [3.05, 3.63) is 42.1 Å². The molecule has 0 unspecified atom stereocenters. The maximum Gasteiger partial charge on any atom is 0.352 e. The molecule has 2 heterocycles. The van der Waals surface area contributed by atoms with Crippen LogP contribution in [0.5, 0.6) is 0 Å². The molecule has 1 fully saturated rings. The summed E-state index contributed by atoms with van der Waals surface area (Å²) in [5.41, 5.74) is 3.28. The molecule has 21 heavy (non-hydrogen) atoms. The third-order valence-electron chi connectivity index (χ3n) is 3.95. The summed E-state index contributed by atoms with van der Waals surface area (Å²) in [6.45, 7) is 4.05. The molecule has 0 atom stereocenters. The number of para-hydroxylation sites is 1. The molecule has 1 saturated heterocycles. The summed E-state index contributed by atoms with van der Waals surface area (Å²) in [7, 11) is 2.13. The molecule has 110 valence electrons. The number of likely N-dealkylation sites (N-methyl/N-ethyl adjacent to an activating group) is 1. The van der Waals surface area contributed by atoms with Gasteiger partial charge in [-0.15, -0.1) is 0 Å². The van der Waals surface area contributed by atoms with Crippen LogP contribution in [0.2, 0.25) is 0 Å². The number of piperazine rings is 1. The van der Waals surface area contributed by atoms with E-state index < -0.39 is 5.97 Å². The lowest BCUT2D eigenvalue weighted by atomic mass is 10.1. The molecular formula is C16H19N3O2. The van der Waals surface area contributed by atoms with Crippen molar-refractivity contribution < 1.29 is 9.90 Å². The summed E-state index contributed by atoms with van der Waals surface area (Å²) < 4.78 is 0. The predicted octanol–water partition coefficient (Wildman–Crippen LogP) is 2.13. The highest BCUT2D eigenvalue weighted by Crippen LogP contribution is 2.30. The van der Waals surface area contributed by atoms with Crippen LogP contribution >= 0.6 is 0 Å². The number of hydrogen-bond acceptors (Lipinski definition) is 3. The number of H-pyrrole nitrogens is 1.